The maximum absolute atomic E-state index is 4.48. The zero-order chi connectivity index (χ0) is 13.9. The first-order valence-electron chi connectivity index (χ1n) is 7.48. The van der Waals surface area contributed by atoms with Crippen LogP contribution in [0.15, 0.2) is 30.3 Å². The van der Waals surface area contributed by atoms with Gasteiger partial charge < -0.3 is 9.88 Å². The summed E-state index contributed by atoms with van der Waals surface area (Å²) in [4.78, 5) is 0. The number of aromatic nitrogens is 3. The Balaban J connectivity index is 2.06. The summed E-state index contributed by atoms with van der Waals surface area (Å²) < 4.78 is 2.38. The molecular formula is C16H22N4. The fourth-order valence-electron chi connectivity index (χ4n) is 2.91. The molecule has 20 heavy (non-hydrogen) atoms. The molecule has 3 rings (SSSR count). The lowest BCUT2D eigenvalue weighted by molar-refractivity contribution is 0.359. The second kappa shape index (κ2) is 5.75. The quantitative estimate of drug-likeness (QED) is 0.932. The summed E-state index contributed by atoms with van der Waals surface area (Å²) in [6, 6.07) is 10.9. The molecule has 1 aliphatic rings. The minimum absolute atomic E-state index is 0.398. The largest absolute Gasteiger partial charge is 0.317 e. The van der Waals surface area contributed by atoms with Gasteiger partial charge in [0.2, 0.25) is 0 Å². The third kappa shape index (κ3) is 2.48. The molecule has 2 aromatic rings. The standard InChI is InChI=1S/C16H22N4/c1-12(2)15-18-19-16(13-6-4-3-5-7-13)20(15)14-8-10-17-11-9-14/h3-7,12,14,17H,8-11H2,1-2H3. The Morgan fingerprint density at radius 3 is 2.45 bits per heavy atom. The van der Waals surface area contributed by atoms with E-state index in [2.05, 4.69) is 58.2 Å². The van der Waals surface area contributed by atoms with E-state index >= 15 is 0 Å². The summed E-state index contributed by atoms with van der Waals surface area (Å²) in [5.74, 6) is 2.52. The molecule has 1 N–H and O–H groups in total. The topological polar surface area (TPSA) is 42.7 Å². The molecule has 1 aromatic heterocycles. The Morgan fingerprint density at radius 2 is 1.80 bits per heavy atom. The van der Waals surface area contributed by atoms with Gasteiger partial charge in [0.15, 0.2) is 5.82 Å². The maximum Gasteiger partial charge on any atom is 0.164 e. The number of hydrogen-bond donors (Lipinski definition) is 1. The van der Waals surface area contributed by atoms with Crippen molar-refractivity contribution in [1.82, 2.24) is 20.1 Å². The molecule has 0 bridgehead atoms. The number of piperidine rings is 1. The van der Waals surface area contributed by atoms with Gasteiger partial charge in [0.05, 0.1) is 0 Å². The van der Waals surface area contributed by atoms with Gasteiger partial charge in [0.25, 0.3) is 0 Å². The average molecular weight is 270 g/mol. The van der Waals surface area contributed by atoms with E-state index in [4.69, 9.17) is 0 Å². The van der Waals surface area contributed by atoms with Crippen LogP contribution in [0.25, 0.3) is 11.4 Å². The molecule has 0 saturated carbocycles. The predicted molar refractivity (Wildman–Crippen MR) is 80.7 cm³/mol. The second-order valence-electron chi connectivity index (χ2n) is 5.75. The smallest absolute Gasteiger partial charge is 0.164 e. The number of nitrogens with zero attached hydrogens (tertiary/aromatic N) is 3. The lowest BCUT2D eigenvalue weighted by Gasteiger charge is -2.27. The lowest BCUT2D eigenvalue weighted by atomic mass is 10.0. The van der Waals surface area contributed by atoms with E-state index in [-0.39, 0.29) is 0 Å². The van der Waals surface area contributed by atoms with E-state index in [1.165, 1.54) is 0 Å². The third-order valence-corrected chi connectivity index (χ3v) is 3.94. The van der Waals surface area contributed by atoms with Crippen LogP contribution < -0.4 is 5.32 Å². The first kappa shape index (κ1) is 13.3. The molecule has 0 aliphatic carbocycles. The molecule has 0 unspecified atom stereocenters. The van der Waals surface area contributed by atoms with E-state index < -0.39 is 0 Å². The normalized spacial score (nSPS) is 16.8. The average Bonchev–Trinajstić information content (AvgIpc) is 2.94. The monoisotopic (exact) mass is 270 g/mol. The van der Waals surface area contributed by atoms with Crippen LogP contribution in [0.1, 0.15) is 44.5 Å². The van der Waals surface area contributed by atoms with Crippen molar-refractivity contribution in [2.75, 3.05) is 13.1 Å². The van der Waals surface area contributed by atoms with Gasteiger partial charge in [-0.15, -0.1) is 10.2 Å². The summed E-state index contributed by atoms with van der Waals surface area (Å²) in [5.41, 5.74) is 1.16. The van der Waals surface area contributed by atoms with Crippen molar-refractivity contribution in [1.29, 1.82) is 0 Å². The molecule has 1 fully saturated rings. The molecule has 0 amide bonds. The van der Waals surface area contributed by atoms with Crippen LogP contribution in [-0.2, 0) is 0 Å². The Morgan fingerprint density at radius 1 is 1.10 bits per heavy atom. The molecule has 2 heterocycles. The van der Waals surface area contributed by atoms with Gasteiger partial charge in [-0.1, -0.05) is 44.2 Å². The van der Waals surface area contributed by atoms with Crippen molar-refractivity contribution in [2.45, 2.75) is 38.6 Å². The summed E-state index contributed by atoms with van der Waals surface area (Å²) in [7, 11) is 0. The highest BCUT2D eigenvalue weighted by Crippen LogP contribution is 2.30. The van der Waals surface area contributed by atoms with Crippen LogP contribution in [0.5, 0.6) is 0 Å². The van der Waals surface area contributed by atoms with Crippen LogP contribution in [0, 0.1) is 0 Å². The minimum atomic E-state index is 0.398. The maximum atomic E-state index is 4.48. The van der Waals surface area contributed by atoms with Gasteiger partial charge in [-0.05, 0) is 25.9 Å². The third-order valence-electron chi connectivity index (χ3n) is 3.94. The van der Waals surface area contributed by atoms with Gasteiger partial charge in [0, 0.05) is 17.5 Å². The molecule has 0 atom stereocenters. The van der Waals surface area contributed by atoms with Crippen LogP contribution in [0.4, 0.5) is 0 Å². The number of hydrogen-bond acceptors (Lipinski definition) is 3. The molecule has 0 radical (unpaired) electrons. The van der Waals surface area contributed by atoms with Crippen molar-refractivity contribution in [3.8, 4) is 11.4 Å². The van der Waals surface area contributed by atoms with Crippen LogP contribution >= 0.6 is 0 Å². The van der Waals surface area contributed by atoms with Crippen molar-refractivity contribution < 1.29 is 0 Å². The summed E-state index contributed by atoms with van der Waals surface area (Å²) in [5, 5.41) is 12.4. The highest BCUT2D eigenvalue weighted by Gasteiger charge is 2.24. The molecule has 4 nitrogen and oxygen atoms in total. The number of nitrogens with one attached hydrogen (secondary N) is 1. The molecule has 0 spiro atoms. The zero-order valence-corrected chi connectivity index (χ0v) is 12.2. The van der Waals surface area contributed by atoms with Crippen molar-refractivity contribution in [2.24, 2.45) is 0 Å². The Hall–Kier alpha value is -1.68. The van der Waals surface area contributed by atoms with Gasteiger partial charge >= 0.3 is 0 Å². The Bertz CT molecular complexity index is 553. The van der Waals surface area contributed by atoms with Gasteiger partial charge in [-0.2, -0.15) is 0 Å². The van der Waals surface area contributed by atoms with Gasteiger partial charge in [-0.25, -0.2) is 0 Å². The Kier molecular flexibility index (Phi) is 3.83. The summed E-state index contributed by atoms with van der Waals surface area (Å²) in [6.07, 6.45) is 2.30. The van der Waals surface area contributed by atoms with E-state index in [0.29, 0.717) is 12.0 Å². The fraction of sp³-hybridized carbons (Fsp3) is 0.500. The highest BCUT2D eigenvalue weighted by molar-refractivity contribution is 5.55. The first-order chi connectivity index (χ1) is 9.77. The van der Waals surface area contributed by atoms with Crippen molar-refractivity contribution in [3.05, 3.63) is 36.2 Å². The van der Waals surface area contributed by atoms with Crippen LogP contribution in [0.2, 0.25) is 0 Å². The fourth-order valence-corrected chi connectivity index (χ4v) is 2.91. The lowest BCUT2D eigenvalue weighted by Crippen LogP contribution is -2.30. The minimum Gasteiger partial charge on any atom is -0.317 e. The molecule has 4 heteroatoms. The van der Waals surface area contributed by atoms with Crippen LogP contribution in [0.3, 0.4) is 0 Å². The zero-order valence-electron chi connectivity index (χ0n) is 12.2. The highest BCUT2D eigenvalue weighted by atomic mass is 15.3. The van der Waals surface area contributed by atoms with E-state index in [1.54, 1.807) is 0 Å². The second-order valence-corrected chi connectivity index (χ2v) is 5.75. The molecule has 1 aromatic carbocycles. The van der Waals surface area contributed by atoms with E-state index in [1.807, 2.05) is 6.07 Å². The molecule has 1 aliphatic heterocycles. The van der Waals surface area contributed by atoms with Crippen LogP contribution in [-0.4, -0.2) is 27.9 Å². The predicted octanol–water partition coefficient (Wildman–Crippen LogP) is 2.99. The molecule has 1 saturated heterocycles. The SMILES string of the molecule is CC(C)c1nnc(-c2ccccc2)n1C1CCNCC1. The van der Waals surface area contributed by atoms with Gasteiger partial charge in [0.1, 0.15) is 5.82 Å². The Labute approximate surface area is 120 Å². The number of benzene rings is 1. The number of rotatable bonds is 3. The summed E-state index contributed by atoms with van der Waals surface area (Å²) in [6.45, 7) is 6.54. The van der Waals surface area contributed by atoms with Crippen molar-refractivity contribution >= 4 is 0 Å². The van der Waals surface area contributed by atoms with Gasteiger partial charge in [-0.3, -0.25) is 0 Å². The molecule has 106 valence electrons. The summed E-state index contributed by atoms with van der Waals surface area (Å²) >= 11 is 0. The molecular weight excluding hydrogens is 248 g/mol. The van der Waals surface area contributed by atoms with Crippen molar-refractivity contribution in [3.63, 3.8) is 0 Å². The first-order valence-corrected chi connectivity index (χ1v) is 7.48. The van der Waals surface area contributed by atoms with E-state index in [9.17, 15) is 0 Å². The van der Waals surface area contributed by atoms with E-state index in [0.717, 1.165) is 43.1 Å².